The molecule has 2 aliphatic heterocycles. The van der Waals surface area contributed by atoms with E-state index in [0.717, 1.165) is 12.5 Å². The summed E-state index contributed by atoms with van der Waals surface area (Å²) in [5, 5.41) is 13.3. The molecule has 1 aromatic carbocycles. The minimum atomic E-state index is -0.980. The molecule has 2 heterocycles. The van der Waals surface area contributed by atoms with E-state index >= 15 is 0 Å². The molecule has 2 aliphatic rings. The van der Waals surface area contributed by atoms with Crippen molar-refractivity contribution in [3.8, 4) is 0 Å². The van der Waals surface area contributed by atoms with Crippen molar-refractivity contribution in [3.05, 3.63) is 34.6 Å². The number of aliphatic hydroxyl groups excluding tert-OH is 1. The highest BCUT2D eigenvalue weighted by Crippen LogP contribution is 2.38. The molecule has 2 fully saturated rings. The van der Waals surface area contributed by atoms with Crippen molar-refractivity contribution in [1.29, 1.82) is 0 Å². The van der Waals surface area contributed by atoms with Crippen LogP contribution in [0.3, 0.4) is 0 Å². The summed E-state index contributed by atoms with van der Waals surface area (Å²) in [5.41, 5.74) is -0.902. The highest BCUT2D eigenvalue weighted by atomic mass is 35.5. The van der Waals surface area contributed by atoms with Crippen LogP contribution in [0.25, 0.3) is 0 Å². The molecule has 0 unspecified atom stereocenters. The quantitative estimate of drug-likeness (QED) is 0.815. The minimum Gasteiger partial charge on any atom is -0.392 e. The van der Waals surface area contributed by atoms with Crippen LogP contribution in [-0.2, 0) is 4.79 Å². The molecule has 0 saturated carbocycles. The summed E-state index contributed by atoms with van der Waals surface area (Å²) < 4.78 is 13.4. The van der Waals surface area contributed by atoms with Crippen LogP contribution >= 0.6 is 11.6 Å². The van der Waals surface area contributed by atoms with Crippen LogP contribution in [0.15, 0.2) is 18.2 Å². The van der Waals surface area contributed by atoms with Gasteiger partial charge in [0.1, 0.15) is 5.82 Å². The van der Waals surface area contributed by atoms with Crippen molar-refractivity contribution in [3.63, 3.8) is 0 Å². The van der Waals surface area contributed by atoms with Gasteiger partial charge in [-0.05, 0) is 37.5 Å². The maximum atomic E-state index is 13.4. The molecule has 23 heavy (non-hydrogen) atoms. The number of nitrogens with one attached hydrogen (secondary N) is 1. The van der Waals surface area contributed by atoms with Gasteiger partial charge in [-0.25, -0.2) is 4.39 Å². The summed E-state index contributed by atoms with van der Waals surface area (Å²) in [5.74, 6) is -1.18. The number of rotatable bonds is 1. The molecule has 124 valence electrons. The topological polar surface area (TPSA) is 69.6 Å². The second-order valence-corrected chi connectivity index (χ2v) is 6.58. The van der Waals surface area contributed by atoms with Crippen molar-refractivity contribution in [1.82, 2.24) is 10.2 Å². The Kier molecular flexibility index (Phi) is 4.29. The van der Waals surface area contributed by atoms with E-state index in [0.29, 0.717) is 25.9 Å². The third-order valence-corrected chi connectivity index (χ3v) is 5.10. The van der Waals surface area contributed by atoms with Gasteiger partial charge in [0.05, 0.1) is 22.1 Å². The van der Waals surface area contributed by atoms with E-state index < -0.39 is 23.2 Å². The van der Waals surface area contributed by atoms with Crippen molar-refractivity contribution in [2.45, 2.75) is 25.4 Å². The summed E-state index contributed by atoms with van der Waals surface area (Å²) in [6, 6.07) is 3.63. The first-order valence-electron chi connectivity index (χ1n) is 7.65. The molecule has 0 aliphatic carbocycles. The molecule has 0 aromatic heterocycles. The molecular formula is C16H18ClFN2O3. The fraction of sp³-hybridized carbons (Fsp3) is 0.500. The number of hydrogen-bond donors (Lipinski definition) is 2. The van der Waals surface area contributed by atoms with Crippen molar-refractivity contribution >= 4 is 23.4 Å². The van der Waals surface area contributed by atoms with Crippen LogP contribution in [0.4, 0.5) is 4.39 Å². The molecule has 7 heteroatoms. The van der Waals surface area contributed by atoms with Gasteiger partial charge < -0.3 is 15.3 Å². The van der Waals surface area contributed by atoms with Gasteiger partial charge in [-0.1, -0.05) is 11.6 Å². The second kappa shape index (κ2) is 6.09. The van der Waals surface area contributed by atoms with E-state index in [1.807, 2.05) is 0 Å². The number of carbonyl (C=O) groups is 2. The third kappa shape index (κ3) is 2.81. The van der Waals surface area contributed by atoms with E-state index in [1.54, 1.807) is 0 Å². The molecule has 0 bridgehead atoms. The first-order chi connectivity index (χ1) is 10.9. The monoisotopic (exact) mass is 340 g/mol. The highest BCUT2D eigenvalue weighted by Gasteiger charge is 2.50. The van der Waals surface area contributed by atoms with Gasteiger partial charge in [0.2, 0.25) is 5.91 Å². The third-order valence-electron chi connectivity index (χ3n) is 4.77. The van der Waals surface area contributed by atoms with Crippen molar-refractivity contribution in [2.24, 2.45) is 5.41 Å². The normalized spacial score (nSPS) is 27.9. The maximum Gasteiger partial charge on any atom is 0.255 e. The maximum absolute atomic E-state index is 13.4. The summed E-state index contributed by atoms with van der Waals surface area (Å²) in [7, 11) is 0. The van der Waals surface area contributed by atoms with Gasteiger partial charge in [0.25, 0.3) is 5.91 Å². The molecule has 0 radical (unpaired) electrons. The van der Waals surface area contributed by atoms with E-state index in [2.05, 4.69) is 5.32 Å². The Bertz CT molecular complexity index is 654. The molecule has 2 saturated heterocycles. The zero-order valence-corrected chi connectivity index (χ0v) is 13.3. The van der Waals surface area contributed by atoms with Crippen LogP contribution in [0.5, 0.6) is 0 Å². The van der Waals surface area contributed by atoms with E-state index in [-0.39, 0.29) is 23.0 Å². The number of piperidine rings is 2. The molecule has 5 nitrogen and oxygen atoms in total. The summed E-state index contributed by atoms with van der Waals surface area (Å²) in [6.45, 7) is 1.00. The Balaban J connectivity index is 1.87. The Hall–Kier alpha value is -1.66. The number of amides is 2. The van der Waals surface area contributed by atoms with Gasteiger partial charge in [-0.15, -0.1) is 0 Å². The number of nitrogens with zero attached hydrogens (tertiary/aromatic N) is 1. The summed E-state index contributed by atoms with van der Waals surface area (Å²) in [6.07, 6.45) is 0.813. The molecule has 1 aromatic rings. The SMILES string of the molecule is O=C(c1cc(F)ccc1Cl)N1CC[C@H](O)[C@@]2(CCCNC2=O)C1. The molecule has 1 spiro atoms. The lowest BCUT2D eigenvalue weighted by atomic mass is 9.71. The van der Waals surface area contributed by atoms with Crippen molar-refractivity contribution in [2.75, 3.05) is 19.6 Å². The first-order valence-corrected chi connectivity index (χ1v) is 8.02. The lowest BCUT2D eigenvalue weighted by Crippen LogP contribution is -2.62. The largest absolute Gasteiger partial charge is 0.392 e. The number of carbonyl (C=O) groups excluding carboxylic acids is 2. The van der Waals surface area contributed by atoms with Gasteiger partial charge >= 0.3 is 0 Å². The van der Waals surface area contributed by atoms with E-state index in [1.165, 1.54) is 17.0 Å². The number of hydrogen-bond acceptors (Lipinski definition) is 3. The number of likely N-dealkylation sites (tertiary alicyclic amines) is 1. The first kappa shape index (κ1) is 16.2. The lowest BCUT2D eigenvalue weighted by molar-refractivity contribution is -0.147. The van der Waals surface area contributed by atoms with Crippen LogP contribution in [-0.4, -0.2) is 47.6 Å². The van der Waals surface area contributed by atoms with Crippen LogP contribution < -0.4 is 5.32 Å². The van der Waals surface area contributed by atoms with Gasteiger partial charge in [0, 0.05) is 19.6 Å². The Morgan fingerprint density at radius 1 is 1.48 bits per heavy atom. The Morgan fingerprint density at radius 2 is 2.26 bits per heavy atom. The van der Waals surface area contributed by atoms with E-state index in [4.69, 9.17) is 11.6 Å². The fourth-order valence-corrected chi connectivity index (χ4v) is 3.65. The van der Waals surface area contributed by atoms with Crippen LogP contribution in [0.2, 0.25) is 5.02 Å². The van der Waals surface area contributed by atoms with Crippen molar-refractivity contribution < 1.29 is 19.1 Å². The van der Waals surface area contributed by atoms with Gasteiger partial charge in [-0.2, -0.15) is 0 Å². The smallest absolute Gasteiger partial charge is 0.255 e. The fourth-order valence-electron chi connectivity index (χ4n) is 3.45. The predicted molar refractivity (Wildman–Crippen MR) is 82.6 cm³/mol. The van der Waals surface area contributed by atoms with Crippen LogP contribution in [0.1, 0.15) is 29.6 Å². The number of benzene rings is 1. The second-order valence-electron chi connectivity index (χ2n) is 6.17. The van der Waals surface area contributed by atoms with E-state index in [9.17, 15) is 19.1 Å². The molecule has 2 N–H and O–H groups in total. The average molecular weight is 341 g/mol. The van der Waals surface area contributed by atoms with Gasteiger partial charge in [0.15, 0.2) is 0 Å². The number of aliphatic hydroxyl groups is 1. The zero-order chi connectivity index (χ0) is 16.6. The Morgan fingerprint density at radius 3 is 3.00 bits per heavy atom. The zero-order valence-electron chi connectivity index (χ0n) is 12.5. The lowest BCUT2D eigenvalue weighted by Gasteiger charge is -2.46. The molecule has 3 rings (SSSR count). The summed E-state index contributed by atoms with van der Waals surface area (Å²) >= 11 is 6.00. The summed E-state index contributed by atoms with van der Waals surface area (Å²) in [4.78, 5) is 26.5. The minimum absolute atomic E-state index is 0.0782. The standard InChI is InChI=1S/C16H18ClFN2O3/c17-12-3-2-10(18)8-11(12)14(22)20-7-4-13(21)16(9-20)5-1-6-19-15(16)23/h2-3,8,13,21H,1,4-7,9H2,(H,19,23)/t13-,16+/m0/s1. The highest BCUT2D eigenvalue weighted by molar-refractivity contribution is 6.33. The molecular weight excluding hydrogens is 323 g/mol. The number of halogens is 2. The average Bonchev–Trinajstić information content (AvgIpc) is 2.54. The van der Waals surface area contributed by atoms with Gasteiger partial charge in [-0.3, -0.25) is 9.59 Å². The molecule has 2 amide bonds. The van der Waals surface area contributed by atoms with Crippen LogP contribution in [0, 0.1) is 11.2 Å². The predicted octanol–water partition coefficient (Wildman–Crippen LogP) is 1.58. The molecule has 2 atom stereocenters. The Labute approximate surface area is 138 Å².